The maximum atomic E-state index is 13.7. The van der Waals surface area contributed by atoms with Crippen molar-refractivity contribution in [3.05, 3.63) is 100 Å². The number of pyridine rings is 1. The Morgan fingerprint density at radius 3 is 2.62 bits per heavy atom. The van der Waals surface area contributed by atoms with Crippen molar-refractivity contribution in [2.24, 2.45) is 0 Å². The molecule has 2 aromatic heterocycles. The summed E-state index contributed by atoms with van der Waals surface area (Å²) in [4.78, 5) is 6.48. The number of thiocarbonyl (C=S) groups is 1. The van der Waals surface area contributed by atoms with Crippen LogP contribution in [0.15, 0.2) is 81.8 Å². The lowest BCUT2D eigenvalue weighted by molar-refractivity contribution is 0.439. The number of aromatic nitrogens is 1. The quantitative estimate of drug-likeness (QED) is 0.258. The van der Waals surface area contributed by atoms with Crippen LogP contribution in [0.5, 0.6) is 0 Å². The van der Waals surface area contributed by atoms with Gasteiger partial charge in [-0.3, -0.25) is 9.71 Å². The van der Waals surface area contributed by atoms with Gasteiger partial charge in [-0.15, -0.1) is 0 Å². The Hall–Kier alpha value is -3.28. The van der Waals surface area contributed by atoms with E-state index in [4.69, 9.17) is 16.6 Å². The molecule has 4 aromatic rings. The smallest absolute Gasteiger partial charge is 0.229 e. The highest BCUT2D eigenvalue weighted by Crippen LogP contribution is 2.44. The van der Waals surface area contributed by atoms with Crippen molar-refractivity contribution >= 4 is 54.7 Å². The average Bonchev–Trinajstić information content (AvgIpc) is 3.45. The van der Waals surface area contributed by atoms with Crippen LogP contribution in [-0.2, 0) is 10.0 Å². The fraction of sp³-hybridized carbons (Fsp3) is 0.154. The lowest BCUT2D eigenvalue weighted by Gasteiger charge is -2.26. The summed E-state index contributed by atoms with van der Waals surface area (Å²) in [6, 6.07) is 18.5. The highest BCUT2D eigenvalue weighted by atomic mass is 79.9. The number of furan rings is 1. The molecule has 0 radical (unpaired) electrons. The van der Waals surface area contributed by atoms with Crippen molar-refractivity contribution in [2.75, 3.05) is 15.9 Å². The number of aryl methyl sites for hydroxylation is 1. The maximum absolute atomic E-state index is 13.7. The normalized spacial score (nSPS) is 17.6. The summed E-state index contributed by atoms with van der Waals surface area (Å²) < 4.78 is 46.6. The first-order chi connectivity index (χ1) is 17.6. The highest BCUT2D eigenvalue weighted by Gasteiger charge is 2.42. The summed E-state index contributed by atoms with van der Waals surface area (Å²) >= 11 is 9.18. The first-order valence-electron chi connectivity index (χ1n) is 11.2. The lowest BCUT2D eigenvalue weighted by atomic mass is 10.0. The number of benzene rings is 2. The molecule has 1 saturated heterocycles. The lowest BCUT2D eigenvalue weighted by Crippen LogP contribution is -2.29. The van der Waals surface area contributed by atoms with Crippen LogP contribution in [0.4, 0.5) is 15.8 Å². The van der Waals surface area contributed by atoms with E-state index in [1.165, 1.54) is 12.1 Å². The van der Waals surface area contributed by atoms with Gasteiger partial charge >= 0.3 is 0 Å². The van der Waals surface area contributed by atoms with Gasteiger partial charge in [0.2, 0.25) is 10.0 Å². The molecule has 0 unspecified atom stereocenters. The van der Waals surface area contributed by atoms with Crippen LogP contribution in [0.3, 0.4) is 0 Å². The predicted molar refractivity (Wildman–Crippen MR) is 149 cm³/mol. The van der Waals surface area contributed by atoms with Gasteiger partial charge < -0.3 is 14.6 Å². The number of rotatable bonds is 6. The van der Waals surface area contributed by atoms with E-state index in [1.54, 1.807) is 18.3 Å². The maximum Gasteiger partial charge on any atom is 0.229 e. The molecule has 7 nitrogen and oxygen atoms in total. The first kappa shape index (κ1) is 25.4. The molecular weight excluding hydrogens is 579 g/mol. The molecule has 0 saturated carbocycles. The van der Waals surface area contributed by atoms with Crippen molar-refractivity contribution in [1.82, 2.24) is 10.3 Å². The van der Waals surface area contributed by atoms with E-state index in [0.29, 0.717) is 32.4 Å². The van der Waals surface area contributed by atoms with E-state index in [0.717, 1.165) is 23.2 Å². The molecule has 37 heavy (non-hydrogen) atoms. The average molecular weight is 602 g/mol. The summed E-state index contributed by atoms with van der Waals surface area (Å²) in [5, 5.41) is 3.85. The zero-order valence-electron chi connectivity index (χ0n) is 19.8. The summed E-state index contributed by atoms with van der Waals surface area (Å²) in [7, 11) is -3.42. The molecular formula is C26H22BrFN4O3S2. The van der Waals surface area contributed by atoms with Gasteiger partial charge in [0.1, 0.15) is 23.4 Å². The SMILES string of the molecule is Cc1cc(N2C(=S)N[C@H](c3ccccn3)[C@H]2c2ccc(-c3ccc(F)cc3Br)o2)ccc1NS(C)(=O)=O. The second kappa shape index (κ2) is 9.88. The van der Waals surface area contributed by atoms with Crippen molar-refractivity contribution in [2.45, 2.75) is 19.0 Å². The molecule has 190 valence electrons. The van der Waals surface area contributed by atoms with E-state index in [-0.39, 0.29) is 11.9 Å². The van der Waals surface area contributed by atoms with Crippen LogP contribution in [0.2, 0.25) is 0 Å². The number of halogens is 2. The molecule has 5 rings (SSSR count). The molecule has 0 bridgehead atoms. The van der Waals surface area contributed by atoms with Gasteiger partial charge in [-0.25, -0.2) is 12.8 Å². The van der Waals surface area contributed by atoms with Crippen molar-refractivity contribution < 1.29 is 17.2 Å². The number of hydrogen-bond acceptors (Lipinski definition) is 5. The van der Waals surface area contributed by atoms with Crippen LogP contribution in [0.25, 0.3) is 11.3 Å². The van der Waals surface area contributed by atoms with Gasteiger partial charge in [-0.1, -0.05) is 6.07 Å². The standard InChI is InChI=1S/C26H22BrFN4O3S2/c1-15-13-17(7-9-20(15)31-37(2,33)34)32-25(24(30-26(32)36)21-5-3-4-12-29-21)23-11-10-22(35-23)18-8-6-16(28)14-19(18)27/h3-14,24-25,31H,1-2H3,(H,30,36)/t24-,25-/m1/s1. The Labute approximate surface area is 227 Å². The van der Waals surface area contributed by atoms with Crippen LogP contribution in [0.1, 0.15) is 29.1 Å². The largest absolute Gasteiger partial charge is 0.459 e. The predicted octanol–water partition coefficient (Wildman–Crippen LogP) is 6.10. The van der Waals surface area contributed by atoms with Gasteiger partial charge in [0, 0.05) is 21.9 Å². The number of hydrogen-bond donors (Lipinski definition) is 2. The Morgan fingerprint density at radius 1 is 1.14 bits per heavy atom. The zero-order valence-corrected chi connectivity index (χ0v) is 23.0. The molecule has 1 fully saturated rings. The summed E-state index contributed by atoms with van der Waals surface area (Å²) in [6.45, 7) is 1.83. The van der Waals surface area contributed by atoms with Gasteiger partial charge in [0.05, 0.1) is 23.7 Å². The molecule has 1 aliphatic heterocycles. The molecule has 0 amide bonds. The third kappa shape index (κ3) is 5.25. The van der Waals surface area contributed by atoms with E-state index in [1.807, 2.05) is 54.3 Å². The van der Waals surface area contributed by atoms with E-state index in [9.17, 15) is 12.8 Å². The van der Waals surface area contributed by atoms with Crippen LogP contribution < -0.4 is 14.9 Å². The van der Waals surface area contributed by atoms with Gasteiger partial charge in [-0.05, 0) is 101 Å². The second-order valence-electron chi connectivity index (χ2n) is 8.70. The van der Waals surface area contributed by atoms with Gasteiger partial charge in [0.25, 0.3) is 0 Å². The highest BCUT2D eigenvalue weighted by molar-refractivity contribution is 9.10. The minimum Gasteiger partial charge on any atom is -0.459 e. The molecule has 0 spiro atoms. The number of anilines is 2. The fourth-order valence-electron chi connectivity index (χ4n) is 4.38. The molecule has 0 aliphatic carbocycles. The van der Waals surface area contributed by atoms with E-state index >= 15 is 0 Å². The van der Waals surface area contributed by atoms with E-state index in [2.05, 4.69) is 31.0 Å². The van der Waals surface area contributed by atoms with Crippen LogP contribution >= 0.6 is 28.1 Å². The monoisotopic (exact) mass is 600 g/mol. The summed E-state index contributed by atoms with van der Waals surface area (Å²) in [5.41, 5.74) is 3.49. The van der Waals surface area contributed by atoms with E-state index < -0.39 is 16.1 Å². The Morgan fingerprint density at radius 2 is 1.95 bits per heavy atom. The van der Waals surface area contributed by atoms with Crippen molar-refractivity contribution in [3.63, 3.8) is 0 Å². The fourth-order valence-corrected chi connectivity index (χ4v) is 5.90. The molecule has 11 heteroatoms. The van der Waals surface area contributed by atoms with Crippen LogP contribution in [0, 0.1) is 12.7 Å². The third-order valence-corrected chi connectivity index (χ3v) is 7.56. The minimum absolute atomic E-state index is 0.321. The number of nitrogens with zero attached hydrogens (tertiary/aromatic N) is 2. The molecule has 2 N–H and O–H groups in total. The van der Waals surface area contributed by atoms with Crippen molar-refractivity contribution in [1.29, 1.82) is 0 Å². The molecule has 3 heterocycles. The second-order valence-corrected chi connectivity index (χ2v) is 11.7. The third-order valence-electron chi connectivity index (χ3n) is 6.00. The molecule has 1 aliphatic rings. The molecule has 2 atom stereocenters. The van der Waals surface area contributed by atoms with Crippen molar-refractivity contribution in [3.8, 4) is 11.3 Å². The number of nitrogens with one attached hydrogen (secondary N) is 2. The van der Waals surface area contributed by atoms with Gasteiger partial charge in [-0.2, -0.15) is 0 Å². The Kier molecular flexibility index (Phi) is 6.78. The first-order valence-corrected chi connectivity index (χ1v) is 14.3. The van der Waals surface area contributed by atoms with Gasteiger partial charge in [0.15, 0.2) is 5.11 Å². The minimum atomic E-state index is -3.42. The Balaban J connectivity index is 1.59. The summed E-state index contributed by atoms with van der Waals surface area (Å²) in [5.74, 6) is 0.854. The van der Waals surface area contributed by atoms with Crippen LogP contribution in [-0.4, -0.2) is 24.8 Å². The Bertz CT molecular complexity index is 1590. The number of sulfonamides is 1. The zero-order chi connectivity index (χ0) is 26.3. The topological polar surface area (TPSA) is 87.5 Å². The summed E-state index contributed by atoms with van der Waals surface area (Å²) in [6.07, 6.45) is 2.83. The molecule has 2 aromatic carbocycles.